The summed E-state index contributed by atoms with van der Waals surface area (Å²) in [5.74, 6) is 0. The van der Waals surface area contributed by atoms with Crippen molar-refractivity contribution in [3.63, 3.8) is 0 Å². The van der Waals surface area contributed by atoms with E-state index in [9.17, 15) is 0 Å². The van der Waals surface area contributed by atoms with E-state index in [1.165, 1.54) is 87.7 Å². The van der Waals surface area contributed by atoms with Crippen molar-refractivity contribution in [3.8, 4) is 22.3 Å². The van der Waals surface area contributed by atoms with Gasteiger partial charge in [-0.1, -0.05) is 189 Å². The zero-order chi connectivity index (χ0) is 42.9. The lowest BCUT2D eigenvalue weighted by Gasteiger charge is -2.30. The minimum Gasteiger partial charge on any atom is -0.310 e. The molecular formula is C62H46N2. The Morgan fingerprint density at radius 2 is 0.859 bits per heavy atom. The second-order valence-electron chi connectivity index (χ2n) is 17.8. The van der Waals surface area contributed by atoms with Crippen LogP contribution in [0.25, 0.3) is 65.3 Å². The van der Waals surface area contributed by atoms with Crippen LogP contribution in [-0.2, 0) is 5.41 Å². The van der Waals surface area contributed by atoms with Crippen molar-refractivity contribution < 1.29 is 0 Å². The van der Waals surface area contributed by atoms with Crippen LogP contribution in [-0.4, -0.2) is 0 Å². The summed E-state index contributed by atoms with van der Waals surface area (Å²) in [7, 11) is 0. The van der Waals surface area contributed by atoms with Crippen LogP contribution in [0.5, 0.6) is 0 Å². The van der Waals surface area contributed by atoms with Gasteiger partial charge in [0.25, 0.3) is 0 Å². The maximum atomic E-state index is 2.46. The van der Waals surface area contributed by atoms with Crippen molar-refractivity contribution in [1.29, 1.82) is 0 Å². The molecule has 2 nitrogen and oxygen atoms in total. The zero-order valence-electron chi connectivity index (χ0n) is 36.3. The van der Waals surface area contributed by atoms with Crippen molar-refractivity contribution in [3.05, 3.63) is 241 Å². The molecule has 0 bridgehead atoms. The third-order valence-electron chi connectivity index (χ3n) is 13.7. The second-order valence-corrected chi connectivity index (χ2v) is 17.8. The highest BCUT2D eigenvalue weighted by molar-refractivity contribution is 6.22. The fraction of sp³-hybridized carbons (Fsp3) is 0.0645. The maximum Gasteiger partial charge on any atom is 0.0618 e. The normalized spacial score (nSPS) is 12.7. The number of hydrogen-bond acceptors (Lipinski definition) is 2. The first kappa shape index (κ1) is 37.8. The topological polar surface area (TPSA) is 6.48 Å². The molecule has 12 rings (SSSR count). The molecule has 0 heterocycles. The quantitative estimate of drug-likeness (QED) is 0.148. The highest BCUT2D eigenvalue weighted by atomic mass is 15.2. The molecule has 11 aromatic rings. The van der Waals surface area contributed by atoms with E-state index in [0.717, 1.165) is 28.4 Å². The van der Waals surface area contributed by atoms with E-state index in [-0.39, 0.29) is 5.41 Å². The van der Waals surface area contributed by atoms with Crippen LogP contribution in [0.4, 0.5) is 34.1 Å². The number of rotatable bonds is 7. The van der Waals surface area contributed by atoms with E-state index in [1.54, 1.807) is 0 Å². The average molecular weight is 819 g/mol. The second kappa shape index (κ2) is 14.9. The van der Waals surface area contributed by atoms with E-state index in [0.29, 0.717) is 0 Å². The van der Waals surface area contributed by atoms with Crippen LogP contribution in [0.3, 0.4) is 0 Å². The molecule has 0 saturated carbocycles. The molecule has 64 heavy (non-hydrogen) atoms. The van der Waals surface area contributed by atoms with Gasteiger partial charge in [-0.25, -0.2) is 0 Å². The van der Waals surface area contributed by atoms with E-state index >= 15 is 0 Å². The Kier molecular flexibility index (Phi) is 8.77. The highest BCUT2D eigenvalue weighted by Gasteiger charge is 2.36. The Balaban J connectivity index is 1.05. The van der Waals surface area contributed by atoms with Gasteiger partial charge in [0.2, 0.25) is 0 Å². The van der Waals surface area contributed by atoms with Crippen molar-refractivity contribution in [2.75, 3.05) is 9.80 Å². The van der Waals surface area contributed by atoms with Crippen LogP contribution >= 0.6 is 0 Å². The Labute approximate surface area is 374 Å². The summed E-state index contributed by atoms with van der Waals surface area (Å²) in [4.78, 5) is 4.91. The molecule has 0 spiro atoms. The van der Waals surface area contributed by atoms with Gasteiger partial charge in [0.05, 0.1) is 11.4 Å². The Hall–Kier alpha value is -7.94. The summed E-state index contributed by atoms with van der Waals surface area (Å²) in [5, 5.41) is 9.72. The molecule has 1 aliphatic carbocycles. The Bertz CT molecular complexity index is 3540. The SMILES string of the molecule is Cc1ccc(N(c2ccc3ccccc3c2)c2c3ccccc3c(-c3ccc(N(c4ccc5c(c4)C(C)(C)c4ccccc4-5)c4cccc5ccccc45)cc3)c3ccccc23)cc1. The maximum absolute atomic E-state index is 2.46. The first-order valence-corrected chi connectivity index (χ1v) is 22.3. The highest BCUT2D eigenvalue weighted by Crippen LogP contribution is 2.52. The fourth-order valence-corrected chi connectivity index (χ4v) is 10.5. The summed E-state index contributed by atoms with van der Waals surface area (Å²) in [5.41, 5.74) is 15.8. The minimum absolute atomic E-state index is 0.117. The van der Waals surface area contributed by atoms with Crippen LogP contribution in [0, 0.1) is 6.92 Å². The van der Waals surface area contributed by atoms with Crippen molar-refractivity contribution in [2.45, 2.75) is 26.2 Å². The molecule has 0 N–H and O–H groups in total. The first-order chi connectivity index (χ1) is 31.4. The van der Waals surface area contributed by atoms with E-state index in [2.05, 4.69) is 255 Å². The monoisotopic (exact) mass is 818 g/mol. The van der Waals surface area contributed by atoms with Gasteiger partial charge < -0.3 is 9.80 Å². The largest absolute Gasteiger partial charge is 0.310 e. The van der Waals surface area contributed by atoms with Crippen LogP contribution in [0.1, 0.15) is 30.5 Å². The van der Waals surface area contributed by atoms with Crippen LogP contribution < -0.4 is 9.80 Å². The lowest BCUT2D eigenvalue weighted by atomic mass is 9.82. The van der Waals surface area contributed by atoms with Gasteiger partial charge in [0, 0.05) is 44.3 Å². The third-order valence-corrected chi connectivity index (χ3v) is 13.7. The molecule has 0 amide bonds. The van der Waals surface area contributed by atoms with E-state index in [4.69, 9.17) is 0 Å². The molecule has 0 atom stereocenters. The van der Waals surface area contributed by atoms with Gasteiger partial charge in [0.1, 0.15) is 0 Å². The van der Waals surface area contributed by atoms with Crippen LogP contribution in [0.2, 0.25) is 0 Å². The molecular weight excluding hydrogens is 773 g/mol. The summed E-state index contributed by atoms with van der Waals surface area (Å²) < 4.78 is 0. The lowest BCUT2D eigenvalue weighted by Crippen LogP contribution is -2.16. The van der Waals surface area contributed by atoms with Gasteiger partial charge in [-0.2, -0.15) is 0 Å². The number of nitrogens with zero attached hydrogens (tertiary/aromatic N) is 2. The molecule has 304 valence electrons. The number of aryl methyl sites for hydroxylation is 1. The van der Waals surface area contributed by atoms with E-state index < -0.39 is 0 Å². The van der Waals surface area contributed by atoms with Gasteiger partial charge >= 0.3 is 0 Å². The first-order valence-electron chi connectivity index (χ1n) is 22.3. The molecule has 0 aromatic heterocycles. The summed E-state index contributed by atoms with van der Waals surface area (Å²) >= 11 is 0. The summed E-state index contributed by atoms with van der Waals surface area (Å²) in [6, 6.07) is 83.0. The average Bonchev–Trinajstić information content (AvgIpc) is 3.57. The third kappa shape index (κ3) is 6.02. The van der Waals surface area contributed by atoms with Crippen molar-refractivity contribution >= 4 is 77.2 Å². The van der Waals surface area contributed by atoms with Crippen molar-refractivity contribution in [2.24, 2.45) is 0 Å². The lowest BCUT2D eigenvalue weighted by molar-refractivity contribution is 0.660. The zero-order valence-corrected chi connectivity index (χ0v) is 36.3. The summed E-state index contributed by atoms with van der Waals surface area (Å²) in [6.07, 6.45) is 0. The molecule has 0 fully saturated rings. The molecule has 0 unspecified atom stereocenters. The number of anilines is 6. The Morgan fingerprint density at radius 3 is 1.59 bits per heavy atom. The Morgan fingerprint density at radius 1 is 0.344 bits per heavy atom. The smallest absolute Gasteiger partial charge is 0.0618 e. The fourth-order valence-electron chi connectivity index (χ4n) is 10.5. The van der Waals surface area contributed by atoms with Gasteiger partial charge in [-0.3, -0.25) is 0 Å². The predicted molar refractivity (Wildman–Crippen MR) is 274 cm³/mol. The molecule has 0 radical (unpaired) electrons. The standard InChI is InChI=1S/C62H46N2/c1-41-27-32-47(33-28-41)64(48-36-29-42-15-4-5-17-45(42)39-48)61-55-23-10-8-21-53(55)60(54-22-9-11-24-56(54)61)44-30-34-46(35-31-44)63(59-26-14-18-43-16-6-7-19-50(43)59)49-37-38-52-51-20-12-13-25-57(51)62(2,3)58(52)40-49/h4-40H,1-3H3. The van der Waals surface area contributed by atoms with Gasteiger partial charge in [-0.05, 0) is 122 Å². The summed E-state index contributed by atoms with van der Waals surface area (Å²) in [6.45, 7) is 6.88. The predicted octanol–water partition coefficient (Wildman–Crippen LogP) is 17.5. The molecule has 2 heteroatoms. The van der Waals surface area contributed by atoms with Crippen molar-refractivity contribution in [1.82, 2.24) is 0 Å². The van der Waals surface area contributed by atoms with Gasteiger partial charge in [0.15, 0.2) is 0 Å². The van der Waals surface area contributed by atoms with Gasteiger partial charge in [-0.15, -0.1) is 0 Å². The number of benzene rings is 11. The number of fused-ring (bicyclic) bond motifs is 7. The van der Waals surface area contributed by atoms with Crippen LogP contribution in [0.15, 0.2) is 224 Å². The molecule has 11 aromatic carbocycles. The molecule has 0 saturated heterocycles. The molecule has 0 aliphatic heterocycles. The molecule has 1 aliphatic rings. The van der Waals surface area contributed by atoms with E-state index in [1.807, 2.05) is 0 Å². The minimum atomic E-state index is -0.117. The number of hydrogen-bond donors (Lipinski definition) is 0.